The molecule has 0 aliphatic carbocycles. The third-order valence-electron chi connectivity index (χ3n) is 3.24. The van der Waals surface area contributed by atoms with Crippen LogP contribution in [0.25, 0.3) is 0 Å². The zero-order valence-electron chi connectivity index (χ0n) is 10.6. The molecule has 1 saturated heterocycles. The lowest BCUT2D eigenvalue weighted by atomic mass is 10.2. The fraction of sp³-hybridized carbons (Fsp3) is 0.500. The zero-order chi connectivity index (χ0) is 13.0. The van der Waals surface area contributed by atoms with E-state index in [0.29, 0.717) is 12.6 Å². The molecule has 1 amide bonds. The second-order valence-electron chi connectivity index (χ2n) is 4.37. The van der Waals surface area contributed by atoms with Crippen LogP contribution in [0, 0.1) is 11.8 Å². The molecule has 0 radical (unpaired) electrons. The highest BCUT2D eigenvalue weighted by molar-refractivity contribution is 7.14. The Morgan fingerprint density at radius 2 is 2.44 bits per heavy atom. The topological polar surface area (TPSA) is 46.3 Å². The second kappa shape index (κ2) is 6.03. The number of amides is 1. The molecule has 1 aromatic heterocycles. The van der Waals surface area contributed by atoms with Crippen molar-refractivity contribution in [3.05, 3.63) is 21.9 Å². The molecule has 96 valence electrons. The molecule has 0 aromatic carbocycles. The van der Waals surface area contributed by atoms with Crippen LogP contribution in [0.2, 0.25) is 0 Å². The minimum absolute atomic E-state index is 0.158. The molecule has 1 aliphatic rings. The van der Waals surface area contributed by atoms with Crippen molar-refractivity contribution in [1.82, 2.24) is 4.90 Å². The Bertz CT molecular complexity index is 483. The molecule has 0 spiro atoms. The van der Waals surface area contributed by atoms with Gasteiger partial charge in [-0.3, -0.25) is 4.79 Å². The predicted octanol–water partition coefficient (Wildman–Crippen LogP) is 2.07. The summed E-state index contributed by atoms with van der Waals surface area (Å²) < 4.78 is 0. The molecule has 0 saturated carbocycles. The van der Waals surface area contributed by atoms with Gasteiger partial charge in [-0.25, -0.2) is 0 Å². The molecule has 2 rings (SSSR count). The smallest absolute Gasteiger partial charge is 0.264 e. The number of nitrogens with two attached hydrogens (primary N) is 1. The predicted molar refractivity (Wildman–Crippen MR) is 74.6 cm³/mol. The van der Waals surface area contributed by atoms with Crippen LogP contribution in [0.1, 0.15) is 40.7 Å². The van der Waals surface area contributed by atoms with Crippen molar-refractivity contribution in [1.29, 1.82) is 0 Å². The maximum absolute atomic E-state index is 12.4. The van der Waals surface area contributed by atoms with E-state index >= 15 is 0 Å². The fourth-order valence-electron chi connectivity index (χ4n) is 2.33. The molecule has 4 heteroatoms. The van der Waals surface area contributed by atoms with Crippen molar-refractivity contribution in [2.75, 3.05) is 13.1 Å². The highest BCUT2D eigenvalue weighted by Crippen LogP contribution is 2.25. The number of carbonyl (C=O) groups excluding carboxylic acids is 1. The molecular formula is C14H18N2OS. The Morgan fingerprint density at radius 1 is 1.61 bits per heavy atom. The molecular weight excluding hydrogens is 244 g/mol. The highest BCUT2D eigenvalue weighted by Gasteiger charge is 2.28. The van der Waals surface area contributed by atoms with Gasteiger partial charge in [-0.15, -0.1) is 11.3 Å². The minimum atomic E-state index is 0.158. The SMILES string of the molecule is CCC1CCCN1C(=O)c1ccc(C#CCN)s1. The summed E-state index contributed by atoms with van der Waals surface area (Å²) in [5, 5.41) is 0. The van der Waals surface area contributed by atoms with Gasteiger partial charge in [-0.05, 0) is 31.4 Å². The van der Waals surface area contributed by atoms with Crippen molar-refractivity contribution in [3.8, 4) is 11.8 Å². The maximum Gasteiger partial charge on any atom is 0.264 e. The van der Waals surface area contributed by atoms with Gasteiger partial charge in [0.05, 0.1) is 16.3 Å². The van der Waals surface area contributed by atoms with E-state index in [1.54, 1.807) is 0 Å². The molecule has 18 heavy (non-hydrogen) atoms. The molecule has 2 heterocycles. The summed E-state index contributed by atoms with van der Waals surface area (Å²) in [7, 11) is 0. The number of carbonyl (C=O) groups is 1. The van der Waals surface area contributed by atoms with Gasteiger partial charge >= 0.3 is 0 Å². The Morgan fingerprint density at radius 3 is 3.17 bits per heavy atom. The summed E-state index contributed by atoms with van der Waals surface area (Å²) in [6, 6.07) is 4.19. The number of rotatable bonds is 2. The van der Waals surface area contributed by atoms with Crippen LogP contribution in [0.15, 0.2) is 12.1 Å². The Kier molecular flexibility index (Phi) is 4.40. The highest BCUT2D eigenvalue weighted by atomic mass is 32.1. The standard InChI is InChI=1S/C14H18N2OS/c1-2-11-5-4-10-16(11)14(17)13-8-7-12(18-13)6-3-9-15/h7-8,11H,2,4-5,9-10,15H2,1H3. The van der Waals surface area contributed by atoms with Gasteiger partial charge in [0.15, 0.2) is 0 Å². The van der Waals surface area contributed by atoms with E-state index in [4.69, 9.17) is 5.73 Å². The van der Waals surface area contributed by atoms with Gasteiger partial charge in [0, 0.05) is 12.6 Å². The summed E-state index contributed by atoms with van der Waals surface area (Å²) >= 11 is 1.46. The number of hydrogen-bond donors (Lipinski definition) is 1. The molecule has 1 aliphatic heterocycles. The molecule has 3 nitrogen and oxygen atoms in total. The zero-order valence-corrected chi connectivity index (χ0v) is 11.4. The Balaban J connectivity index is 2.11. The summed E-state index contributed by atoms with van der Waals surface area (Å²) in [6.07, 6.45) is 3.29. The van der Waals surface area contributed by atoms with Crippen LogP contribution < -0.4 is 5.73 Å². The number of nitrogens with zero attached hydrogens (tertiary/aromatic N) is 1. The van der Waals surface area contributed by atoms with Crippen molar-refractivity contribution in [3.63, 3.8) is 0 Å². The lowest BCUT2D eigenvalue weighted by Crippen LogP contribution is -2.34. The second-order valence-corrected chi connectivity index (χ2v) is 5.46. The molecule has 2 N–H and O–H groups in total. The number of thiophene rings is 1. The van der Waals surface area contributed by atoms with Gasteiger partial charge in [0.1, 0.15) is 0 Å². The lowest BCUT2D eigenvalue weighted by Gasteiger charge is -2.22. The molecule has 1 unspecified atom stereocenters. The number of hydrogen-bond acceptors (Lipinski definition) is 3. The van der Waals surface area contributed by atoms with Crippen LogP contribution in [0.3, 0.4) is 0 Å². The van der Waals surface area contributed by atoms with E-state index in [0.717, 1.165) is 35.6 Å². The van der Waals surface area contributed by atoms with Crippen molar-refractivity contribution < 1.29 is 4.79 Å². The molecule has 1 atom stereocenters. The van der Waals surface area contributed by atoms with Crippen LogP contribution >= 0.6 is 11.3 Å². The normalized spacial score (nSPS) is 18.6. The summed E-state index contributed by atoms with van der Waals surface area (Å²) in [5.41, 5.74) is 5.33. The van der Waals surface area contributed by atoms with Crippen molar-refractivity contribution >= 4 is 17.2 Å². The first-order valence-corrected chi connectivity index (χ1v) is 7.17. The van der Waals surface area contributed by atoms with Crippen LogP contribution in [-0.4, -0.2) is 29.9 Å². The monoisotopic (exact) mass is 262 g/mol. The largest absolute Gasteiger partial charge is 0.335 e. The van der Waals surface area contributed by atoms with E-state index in [1.165, 1.54) is 11.3 Å². The van der Waals surface area contributed by atoms with Gasteiger partial charge in [-0.2, -0.15) is 0 Å². The Hall–Kier alpha value is -1.31. The molecule has 1 aromatic rings. The fourth-order valence-corrected chi connectivity index (χ4v) is 3.16. The van der Waals surface area contributed by atoms with Gasteiger partial charge < -0.3 is 10.6 Å². The Labute approximate surface area is 112 Å². The summed E-state index contributed by atoms with van der Waals surface area (Å²) in [4.78, 5) is 16.1. The first-order chi connectivity index (χ1) is 8.76. The van der Waals surface area contributed by atoms with Crippen LogP contribution in [0.4, 0.5) is 0 Å². The van der Waals surface area contributed by atoms with E-state index in [2.05, 4.69) is 18.8 Å². The third-order valence-corrected chi connectivity index (χ3v) is 4.23. The van der Waals surface area contributed by atoms with Gasteiger partial charge in [0.2, 0.25) is 0 Å². The van der Waals surface area contributed by atoms with Crippen LogP contribution in [-0.2, 0) is 0 Å². The van der Waals surface area contributed by atoms with E-state index < -0.39 is 0 Å². The minimum Gasteiger partial charge on any atom is -0.335 e. The molecule has 0 bridgehead atoms. The van der Waals surface area contributed by atoms with E-state index in [-0.39, 0.29) is 5.91 Å². The lowest BCUT2D eigenvalue weighted by molar-refractivity contribution is 0.0738. The summed E-state index contributed by atoms with van der Waals surface area (Å²) in [6.45, 7) is 3.38. The average Bonchev–Trinajstić information content (AvgIpc) is 3.04. The van der Waals surface area contributed by atoms with Crippen molar-refractivity contribution in [2.45, 2.75) is 32.2 Å². The van der Waals surface area contributed by atoms with Gasteiger partial charge in [-0.1, -0.05) is 18.8 Å². The van der Waals surface area contributed by atoms with E-state index in [1.807, 2.05) is 17.0 Å². The maximum atomic E-state index is 12.4. The first-order valence-electron chi connectivity index (χ1n) is 6.36. The summed E-state index contributed by atoms with van der Waals surface area (Å²) in [5.74, 6) is 5.94. The van der Waals surface area contributed by atoms with E-state index in [9.17, 15) is 4.79 Å². The quantitative estimate of drug-likeness (QED) is 0.829. The number of likely N-dealkylation sites (tertiary alicyclic amines) is 1. The third kappa shape index (κ3) is 2.74. The van der Waals surface area contributed by atoms with Gasteiger partial charge in [0.25, 0.3) is 5.91 Å². The first kappa shape index (κ1) is 13.1. The van der Waals surface area contributed by atoms with Crippen molar-refractivity contribution in [2.24, 2.45) is 5.73 Å². The van der Waals surface area contributed by atoms with Crippen LogP contribution in [0.5, 0.6) is 0 Å². The molecule has 1 fully saturated rings. The average molecular weight is 262 g/mol.